The number of amides is 4. The molecule has 2 aliphatic rings. The van der Waals surface area contributed by atoms with Crippen LogP contribution in [-0.2, 0) is 15.1 Å². The van der Waals surface area contributed by atoms with Gasteiger partial charge in [-0.1, -0.05) is 12.1 Å². The molecule has 0 bridgehead atoms. The van der Waals surface area contributed by atoms with E-state index >= 15 is 0 Å². The number of methoxy groups -OCH3 is 1. The first-order valence-corrected chi connectivity index (χ1v) is 11.4. The molecule has 32 heavy (non-hydrogen) atoms. The fraction of sp³-hybridized carbons (Fsp3) is 0.455. The van der Waals surface area contributed by atoms with E-state index in [1.807, 2.05) is 12.3 Å². The summed E-state index contributed by atoms with van der Waals surface area (Å²) in [4.78, 5) is 48.2. The molecule has 0 aliphatic carbocycles. The summed E-state index contributed by atoms with van der Waals surface area (Å²) >= 11 is 1.60. The summed E-state index contributed by atoms with van der Waals surface area (Å²) in [6.45, 7) is 5.94. The number of urea groups is 1. The molecular weight excluding hydrogens is 430 g/mol. The second-order valence-electron chi connectivity index (χ2n) is 8.17. The summed E-state index contributed by atoms with van der Waals surface area (Å²) in [5, 5.41) is 5.72. The SMILES string of the molecule is COc1ccc(C2(C)NC(=O)N(CC(=O)N3CCCN(c4nc(C)cs4)CC3)C2=O)cc1. The highest BCUT2D eigenvalue weighted by Crippen LogP contribution is 2.30. The standard InChI is InChI=1S/C22H27N5O4S/c1-15-14-32-21(23-15)26-10-4-9-25(11-12-26)18(28)13-27-19(29)22(2,24-20(27)30)16-5-7-17(31-3)8-6-16/h5-8,14H,4,9-13H2,1-3H3,(H,24,30). The lowest BCUT2D eigenvalue weighted by molar-refractivity contribution is -0.138. The van der Waals surface area contributed by atoms with Crippen LogP contribution in [-0.4, -0.2) is 72.5 Å². The maximum Gasteiger partial charge on any atom is 0.325 e. The van der Waals surface area contributed by atoms with Crippen LogP contribution in [0.25, 0.3) is 0 Å². The Kier molecular flexibility index (Phi) is 6.05. The number of carbonyl (C=O) groups is 3. The number of carbonyl (C=O) groups excluding carboxylic acids is 3. The number of hydrogen-bond acceptors (Lipinski definition) is 7. The summed E-state index contributed by atoms with van der Waals surface area (Å²) < 4.78 is 5.16. The van der Waals surface area contributed by atoms with E-state index in [1.165, 1.54) is 0 Å². The second-order valence-corrected chi connectivity index (χ2v) is 9.00. The van der Waals surface area contributed by atoms with E-state index in [1.54, 1.807) is 54.5 Å². The average molecular weight is 458 g/mol. The van der Waals surface area contributed by atoms with Crippen LogP contribution in [0.2, 0.25) is 0 Å². The van der Waals surface area contributed by atoms with Crippen molar-refractivity contribution in [2.45, 2.75) is 25.8 Å². The highest BCUT2D eigenvalue weighted by molar-refractivity contribution is 7.13. The number of imide groups is 1. The number of anilines is 1. The molecule has 2 fully saturated rings. The molecule has 1 aromatic carbocycles. The number of nitrogens with one attached hydrogen (secondary N) is 1. The van der Waals surface area contributed by atoms with E-state index in [0.717, 1.165) is 28.7 Å². The van der Waals surface area contributed by atoms with E-state index in [-0.39, 0.29) is 12.5 Å². The Morgan fingerprint density at radius 3 is 2.59 bits per heavy atom. The lowest BCUT2D eigenvalue weighted by Gasteiger charge is -2.25. The molecule has 10 heteroatoms. The molecule has 4 rings (SSSR count). The molecule has 0 radical (unpaired) electrons. The molecule has 170 valence electrons. The van der Waals surface area contributed by atoms with Gasteiger partial charge in [0, 0.05) is 31.6 Å². The zero-order valence-corrected chi connectivity index (χ0v) is 19.3. The molecule has 4 amide bonds. The van der Waals surface area contributed by atoms with Gasteiger partial charge in [-0.05, 0) is 38.0 Å². The maximum absolute atomic E-state index is 13.1. The first-order chi connectivity index (χ1) is 15.3. The number of hydrogen-bond donors (Lipinski definition) is 1. The third-order valence-electron chi connectivity index (χ3n) is 5.96. The quantitative estimate of drug-likeness (QED) is 0.690. The Hall–Kier alpha value is -3.14. The lowest BCUT2D eigenvalue weighted by Crippen LogP contribution is -2.45. The summed E-state index contributed by atoms with van der Waals surface area (Å²) in [5.74, 6) is -0.00958. The van der Waals surface area contributed by atoms with Crippen molar-refractivity contribution in [1.82, 2.24) is 20.1 Å². The number of nitrogens with zero attached hydrogens (tertiary/aromatic N) is 4. The average Bonchev–Trinajstić information content (AvgIpc) is 3.18. The molecule has 1 atom stereocenters. The number of thiazole rings is 1. The maximum atomic E-state index is 13.1. The van der Waals surface area contributed by atoms with Gasteiger partial charge in [0.05, 0.1) is 12.8 Å². The number of rotatable bonds is 5. The van der Waals surface area contributed by atoms with Crippen molar-refractivity contribution in [1.29, 1.82) is 0 Å². The van der Waals surface area contributed by atoms with Gasteiger partial charge in [-0.25, -0.2) is 9.78 Å². The van der Waals surface area contributed by atoms with Gasteiger partial charge in [-0.2, -0.15) is 0 Å². The Morgan fingerprint density at radius 1 is 1.19 bits per heavy atom. The molecule has 2 aliphatic heterocycles. The topological polar surface area (TPSA) is 95.1 Å². The van der Waals surface area contributed by atoms with Crippen molar-refractivity contribution in [3.05, 3.63) is 40.9 Å². The van der Waals surface area contributed by atoms with Gasteiger partial charge < -0.3 is 19.9 Å². The van der Waals surface area contributed by atoms with Crippen LogP contribution in [0.4, 0.5) is 9.93 Å². The van der Waals surface area contributed by atoms with Crippen molar-refractivity contribution < 1.29 is 19.1 Å². The third-order valence-corrected chi connectivity index (χ3v) is 6.98. The van der Waals surface area contributed by atoms with Crippen LogP contribution < -0.4 is 15.0 Å². The van der Waals surface area contributed by atoms with Gasteiger partial charge in [-0.15, -0.1) is 11.3 Å². The van der Waals surface area contributed by atoms with Crippen LogP contribution >= 0.6 is 11.3 Å². The predicted molar refractivity (Wildman–Crippen MR) is 121 cm³/mol. The normalized spacial score (nSPS) is 21.5. The van der Waals surface area contributed by atoms with Gasteiger partial charge >= 0.3 is 6.03 Å². The zero-order valence-electron chi connectivity index (χ0n) is 18.5. The van der Waals surface area contributed by atoms with Crippen molar-refractivity contribution in [2.75, 3.05) is 44.7 Å². The lowest BCUT2D eigenvalue weighted by atomic mass is 9.92. The van der Waals surface area contributed by atoms with E-state index in [2.05, 4.69) is 15.2 Å². The van der Waals surface area contributed by atoms with E-state index in [0.29, 0.717) is 30.9 Å². The van der Waals surface area contributed by atoms with Gasteiger partial charge in [0.25, 0.3) is 5.91 Å². The van der Waals surface area contributed by atoms with Crippen LogP contribution in [0, 0.1) is 6.92 Å². The second kappa shape index (κ2) is 8.78. The molecule has 1 unspecified atom stereocenters. The van der Waals surface area contributed by atoms with Crippen LogP contribution in [0.5, 0.6) is 5.75 Å². The summed E-state index contributed by atoms with van der Waals surface area (Å²) in [6, 6.07) is 6.40. The van der Waals surface area contributed by atoms with Crippen molar-refractivity contribution in [3.8, 4) is 5.75 Å². The number of ether oxygens (including phenoxy) is 1. The molecule has 0 saturated carbocycles. The number of aryl methyl sites for hydroxylation is 1. The highest BCUT2D eigenvalue weighted by atomic mass is 32.1. The molecule has 1 N–H and O–H groups in total. The Morgan fingerprint density at radius 2 is 1.94 bits per heavy atom. The van der Waals surface area contributed by atoms with Crippen LogP contribution in [0.3, 0.4) is 0 Å². The minimum absolute atomic E-state index is 0.232. The Labute approximate surface area is 191 Å². The van der Waals surface area contributed by atoms with Gasteiger partial charge in [0.1, 0.15) is 17.8 Å². The third kappa shape index (κ3) is 4.14. The fourth-order valence-electron chi connectivity index (χ4n) is 4.04. The molecular formula is C22H27N5O4S. The largest absolute Gasteiger partial charge is 0.497 e. The number of aromatic nitrogens is 1. The van der Waals surface area contributed by atoms with Crippen molar-refractivity contribution in [3.63, 3.8) is 0 Å². The molecule has 9 nitrogen and oxygen atoms in total. The molecule has 2 saturated heterocycles. The minimum Gasteiger partial charge on any atom is -0.497 e. The minimum atomic E-state index is -1.22. The number of benzene rings is 1. The monoisotopic (exact) mass is 457 g/mol. The van der Waals surface area contributed by atoms with E-state index in [4.69, 9.17) is 4.74 Å². The molecule has 3 heterocycles. The first-order valence-electron chi connectivity index (χ1n) is 10.6. The Balaban J connectivity index is 1.41. The first kappa shape index (κ1) is 22.1. The highest BCUT2D eigenvalue weighted by Gasteiger charge is 2.49. The summed E-state index contributed by atoms with van der Waals surface area (Å²) in [6.07, 6.45) is 0.800. The van der Waals surface area contributed by atoms with Crippen LogP contribution in [0.1, 0.15) is 24.6 Å². The van der Waals surface area contributed by atoms with E-state index in [9.17, 15) is 14.4 Å². The van der Waals surface area contributed by atoms with Crippen molar-refractivity contribution in [2.24, 2.45) is 0 Å². The molecule has 2 aromatic rings. The summed E-state index contributed by atoms with van der Waals surface area (Å²) in [7, 11) is 1.56. The van der Waals surface area contributed by atoms with Gasteiger partial charge in [0.15, 0.2) is 5.13 Å². The van der Waals surface area contributed by atoms with Gasteiger partial charge in [-0.3, -0.25) is 14.5 Å². The van der Waals surface area contributed by atoms with Gasteiger partial charge in [0.2, 0.25) is 5.91 Å². The smallest absolute Gasteiger partial charge is 0.325 e. The molecule has 1 aromatic heterocycles. The van der Waals surface area contributed by atoms with Crippen LogP contribution in [0.15, 0.2) is 29.6 Å². The zero-order chi connectivity index (χ0) is 22.9. The molecule has 0 spiro atoms. The van der Waals surface area contributed by atoms with E-state index < -0.39 is 17.5 Å². The Bertz CT molecular complexity index is 1020. The van der Waals surface area contributed by atoms with Crippen molar-refractivity contribution >= 4 is 34.3 Å². The summed E-state index contributed by atoms with van der Waals surface area (Å²) in [5.41, 5.74) is 0.401. The predicted octanol–water partition coefficient (Wildman–Crippen LogP) is 1.97. The fourth-order valence-corrected chi connectivity index (χ4v) is 4.90.